The predicted molar refractivity (Wildman–Crippen MR) is 79.2 cm³/mol. The second kappa shape index (κ2) is 4.92. The van der Waals surface area contributed by atoms with Gasteiger partial charge in [-0.25, -0.2) is 15.0 Å². The van der Waals surface area contributed by atoms with Gasteiger partial charge >= 0.3 is 0 Å². The molecular formula is C13H11Cl2N5. The van der Waals surface area contributed by atoms with Gasteiger partial charge in [-0.15, -0.1) is 0 Å². The lowest BCUT2D eigenvalue weighted by Crippen LogP contribution is -2.09. The number of benzene rings is 1. The molecule has 3 rings (SSSR count). The van der Waals surface area contributed by atoms with Crippen molar-refractivity contribution < 1.29 is 0 Å². The Labute approximate surface area is 125 Å². The first kappa shape index (κ1) is 13.1. The van der Waals surface area contributed by atoms with Crippen LogP contribution in [-0.2, 0) is 6.54 Å². The molecule has 2 aliphatic heterocycles. The Morgan fingerprint density at radius 1 is 1.20 bits per heavy atom. The van der Waals surface area contributed by atoms with Crippen LogP contribution in [0, 0.1) is 6.92 Å². The summed E-state index contributed by atoms with van der Waals surface area (Å²) < 4.78 is 1.83. The molecule has 0 aliphatic carbocycles. The van der Waals surface area contributed by atoms with Gasteiger partial charge in [-0.3, -0.25) is 0 Å². The van der Waals surface area contributed by atoms with Crippen LogP contribution in [0.4, 0.5) is 5.82 Å². The van der Waals surface area contributed by atoms with Crippen LogP contribution in [0.5, 0.6) is 0 Å². The summed E-state index contributed by atoms with van der Waals surface area (Å²) in [4.78, 5) is 12.8. The van der Waals surface area contributed by atoms with Gasteiger partial charge in [0.1, 0.15) is 5.82 Å². The molecule has 0 aromatic heterocycles. The molecule has 0 saturated heterocycles. The molecule has 7 heteroatoms. The molecule has 0 radical (unpaired) electrons. The first-order valence-electron chi connectivity index (χ1n) is 5.94. The SMILES string of the molecule is Cc1nc2c(N)ncn(Cc3c(Cl)cccc3Cl)c-2n1. The predicted octanol–water partition coefficient (Wildman–Crippen LogP) is 3.02. The standard InChI is InChI=1S/C13H11Cl2N5/c1-7-18-11-12(16)17-6-20(13(11)19-7)5-8-9(14)3-2-4-10(8)15/h2-4,6H,5,16H2,1H3. The number of hydrogen-bond acceptors (Lipinski definition) is 4. The van der Waals surface area contributed by atoms with E-state index in [0.717, 1.165) is 5.56 Å². The van der Waals surface area contributed by atoms with E-state index in [-0.39, 0.29) is 0 Å². The van der Waals surface area contributed by atoms with Gasteiger partial charge in [0.15, 0.2) is 17.3 Å². The molecule has 2 N–H and O–H groups in total. The topological polar surface area (TPSA) is 69.6 Å². The van der Waals surface area contributed by atoms with E-state index in [2.05, 4.69) is 15.0 Å². The van der Waals surface area contributed by atoms with Crippen LogP contribution in [0.1, 0.15) is 11.4 Å². The van der Waals surface area contributed by atoms with Crippen LogP contribution in [0.15, 0.2) is 24.5 Å². The second-order valence-corrected chi connectivity index (χ2v) is 5.22. The number of imidazole rings is 1. The minimum Gasteiger partial charge on any atom is -0.382 e. The maximum atomic E-state index is 6.19. The van der Waals surface area contributed by atoms with Gasteiger partial charge in [0.25, 0.3) is 0 Å². The van der Waals surface area contributed by atoms with E-state index in [4.69, 9.17) is 28.9 Å². The highest BCUT2D eigenvalue weighted by Crippen LogP contribution is 2.28. The molecule has 0 spiro atoms. The fourth-order valence-electron chi connectivity index (χ4n) is 2.03. The van der Waals surface area contributed by atoms with Gasteiger partial charge in [-0.2, -0.15) is 0 Å². The van der Waals surface area contributed by atoms with Gasteiger partial charge in [-0.05, 0) is 19.1 Å². The Bertz CT molecular complexity index is 732. The molecule has 2 aliphatic rings. The van der Waals surface area contributed by atoms with Crippen LogP contribution in [0.2, 0.25) is 10.0 Å². The Kier molecular flexibility index (Phi) is 3.23. The zero-order chi connectivity index (χ0) is 14.3. The van der Waals surface area contributed by atoms with E-state index in [0.29, 0.717) is 39.8 Å². The first-order chi connectivity index (χ1) is 9.56. The molecule has 5 nitrogen and oxygen atoms in total. The summed E-state index contributed by atoms with van der Waals surface area (Å²) in [5.41, 5.74) is 7.22. The molecule has 20 heavy (non-hydrogen) atoms. The van der Waals surface area contributed by atoms with Crippen molar-refractivity contribution in [3.8, 4) is 11.5 Å². The minimum atomic E-state index is 0.363. The Morgan fingerprint density at radius 2 is 1.90 bits per heavy atom. The highest BCUT2D eigenvalue weighted by Gasteiger charge is 2.18. The fourth-order valence-corrected chi connectivity index (χ4v) is 2.55. The number of hydrogen-bond donors (Lipinski definition) is 1. The number of nitrogen functional groups attached to an aromatic ring is 1. The van der Waals surface area contributed by atoms with Crippen LogP contribution in [0.25, 0.3) is 11.5 Å². The van der Waals surface area contributed by atoms with Crippen LogP contribution in [-0.4, -0.2) is 19.5 Å². The summed E-state index contributed by atoms with van der Waals surface area (Å²) in [6.45, 7) is 2.27. The van der Waals surface area contributed by atoms with Crippen molar-refractivity contribution in [3.63, 3.8) is 0 Å². The number of fused-ring (bicyclic) bond motifs is 1. The molecule has 0 saturated carbocycles. The van der Waals surface area contributed by atoms with Gasteiger partial charge in [0, 0.05) is 15.6 Å². The van der Waals surface area contributed by atoms with E-state index < -0.39 is 0 Å². The third-order valence-corrected chi connectivity index (χ3v) is 3.70. The zero-order valence-corrected chi connectivity index (χ0v) is 12.2. The van der Waals surface area contributed by atoms with Crippen molar-refractivity contribution in [1.29, 1.82) is 0 Å². The lowest BCUT2D eigenvalue weighted by Gasteiger charge is -2.13. The molecule has 0 atom stereocenters. The highest BCUT2D eigenvalue weighted by molar-refractivity contribution is 6.35. The summed E-state index contributed by atoms with van der Waals surface area (Å²) in [7, 11) is 0. The fraction of sp³-hybridized carbons (Fsp3) is 0.154. The summed E-state index contributed by atoms with van der Waals surface area (Å²) in [5, 5.41) is 1.21. The third-order valence-electron chi connectivity index (χ3n) is 2.99. The third kappa shape index (κ3) is 2.19. The number of aryl methyl sites for hydroxylation is 1. The van der Waals surface area contributed by atoms with Gasteiger partial charge in [-0.1, -0.05) is 29.3 Å². The average molecular weight is 308 g/mol. The normalized spacial score (nSPS) is 11.2. The molecule has 1 aromatic rings. The lowest BCUT2D eigenvalue weighted by atomic mass is 10.2. The number of nitrogens with zero attached hydrogens (tertiary/aromatic N) is 4. The monoisotopic (exact) mass is 307 g/mol. The number of anilines is 1. The highest BCUT2D eigenvalue weighted by atomic mass is 35.5. The van der Waals surface area contributed by atoms with Crippen molar-refractivity contribution in [2.75, 3.05) is 5.73 Å². The lowest BCUT2D eigenvalue weighted by molar-refractivity contribution is 0.762. The Morgan fingerprint density at radius 3 is 2.60 bits per heavy atom. The number of nitrogens with two attached hydrogens (primary N) is 1. The molecule has 0 unspecified atom stereocenters. The van der Waals surface area contributed by atoms with E-state index in [1.807, 2.05) is 17.6 Å². The van der Waals surface area contributed by atoms with E-state index in [1.165, 1.54) is 0 Å². The van der Waals surface area contributed by atoms with E-state index in [1.54, 1.807) is 18.5 Å². The van der Waals surface area contributed by atoms with E-state index >= 15 is 0 Å². The smallest absolute Gasteiger partial charge is 0.166 e. The number of aromatic nitrogens is 4. The molecule has 0 amide bonds. The summed E-state index contributed by atoms with van der Waals surface area (Å²) in [6.07, 6.45) is 1.62. The Hall–Kier alpha value is -1.85. The van der Waals surface area contributed by atoms with E-state index in [9.17, 15) is 0 Å². The molecular weight excluding hydrogens is 297 g/mol. The van der Waals surface area contributed by atoms with Crippen molar-refractivity contribution in [2.24, 2.45) is 0 Å². The number of halogens is 2. The van der Waals surface area contributed by atoms with Gasteiger partial charge in [0.05, 0.1) is 12.9 Å². The van der Waals surface area contributed by atoms with Crippen LogP contribution in [0.3, 0.4) is 0 Å². The minimum absolute atomic E-state index is 0.363. The summed E-state index contributed by atoms with van der Waals surface area (Å²) in [5.74, 6) is 1.69. The summed E-state index contributed by atoms with van der Waals surface area (Å²) in [6, 6.07) is 5.41. The van der Waals surface area contributed by atoms with Crippen molar-refractivity contribution in [2.45, 2.75) is 13.5 Å². The second-order valence-electron chi connectivity index (χ2n) is 4.40. The maximum Gasteiger partial charge on any atom is 0.166 e. The maximum absolute atomic E-state index is 6.19. The van der Waals surface area contributed by atoms with Crippen molar-refractivity contribution in [3.05, 3.63) is 46.0 Å². The van der Waals surface area contributed by atoms with Crippen molar-refractivity contribution in [1.82, 2.24) is 19.5 Å². The largest absolute Gasteiger partial charge is 0.382 e. The zero-order valence-electron chi connectivity index (χ0n) is 10.6. The first-order valence-corrected chi connectivity index (χ1v) is 6.69. The van der Waals surface area contributed by atoms with Gasteiger partial charge in [0.2, 0.25) is 0 Å². The molecule has 102 valence electrons. The average Bonchev–Trinajstić information content (AvgIpc) is 2.79. The Balaban J connectivity index is 2.10. The molecule has 0 fully saturated rings. The molecule has 2 heterocycles. The summed E-state index contributed by atoms with van der Waals surface area (Å²) >= 11 is 12.4. The quantitative estimate of drug-likeness (QED) is 0.790. The van der Waals surface area contributed by atoms with Crippen molar-refractivity contribution >= 4 is 29.0 Å². The molecule has 1 aromatic carbocycles. The van der Waals surface area contributed by atoms with Gasteiger partial charge < -0.3 is 10.3 Å². The molecule has 0 bridgehead atoms. The number of rotatable bonds is 2. The van der Waals surface area contributed by atoms with Crippen LogP contribution >= 0.6 is 23.2 Å². The van der Waals surface area contributed by atoms with Crippen LogP contribution < -0.4 is 5.73 Å².